The molecule has 0 N–H and O–H groups in total. The molecule has 0 saturated heterocycles. The van der Waals surface area contributed by atoms with Crippen molar-refractivity contribution in [3.63, 3.8) is 0 Å². The van der Waals surface area contributed by atoms with Gasteiger partial charge >= 0.3 is 5.69 Å². The summed E-state index contributed by atoms with van der Waals surface area (Å²) in [5.41, 5.74) is 0.0237. The van der Waals surface area contributed by atoms with Crippen LogP contribution in [0, 0.1) is 10.1 Å². The van der Waals surface area contributed by atoms with Crippen molar-refractivity contribution in [2.24, 2.45) is 0 Å². The van der Waals surface area contributed by atoms with Gasteiger partial charge in [0.1, 0.15) is 0 Å². The van der Waals surface area contributed by atoms with E-state index in [2.05, 4.69) is 0 Å². The van der Waals surface area contributed by atoms with Crippen LogP contribution in [0.25, 0.3) is 0 Å². The SMILES string of the molecule is CSc1ccc(OC(C)C)c([N+](=O)[O-])c1. The molecule has 0 aromatic heterocycles. The van der Waals surface area contributed by atoms with Gasteiger partial charge in [-0.3, -0.25) is 10.1 Å². The van der Waals surface area contributed by atoms with Gasteiger partial charge in [0.05, 0.1) is 11.0 Å². The lowest BCUT2D eigenvalue weighted by Crippen LogP contribution is -2.07. The molecule has 0 aliphatic heterocycles. The second-order valence-corrected chi connectivity index (χ2v) is 4.14. The largest absolute Gasteiger partial charge is 0.484 e. The van der Waals surface area contributed by atoms with Crippen molar-refractivity contribution in [1.82, 2.24) is 0 Å². The van der Waals surface area contributed by atoms with Crippen molar-refractivity contribution in [3.8, 4) is 5.75 Å². The average Bonchev–Trinajstić information content (AvgIpc) is 2.17. The minimum absolute atomic E-state index is 0.0237. The molecule has 82 valence electrons. The smallest absolute Gasteiger partial charge is 0.312 e. The highest BCUT2D eigenvalue weighted by Crippen LogP contribution is 2.31. The zero-order valence-corrected chi connectivity index (χ0v) is 9.71. The van der Waals surface area contributed by atoms with E-state index in [0.717, 1.165) is 4.90 Å². The van der Waals surface area contributed by atoms with E-state index in [-0.39, 0.29) is 11.8 Å². The van der Waals surface area contributed by atoms with Crippen molar-refractivity contribution in [2.75, 3.05) is 6.26 Å². The molecular weight excluding hydrogens is 214 g/mol. The molecule has 1 aromatic rings. The third kappa shape index (κ3) is 3.13. The van der Waals surface area contributed by atoms with Gasteiger partial charge in [-0.25, -0.2) is 0 Å². The van der Waals surface area contributed by atoms with Crippen LogP contribution in [-0.2, 0) is 0 Å². The number of ether oxygens (including phenoxy) is 1. The van der Waals surface area contributed by atoms with E-state index in [1.165, 1.54) is 17.8 Å². The van der Waals surface area contributed by atoms with Crippen molar-refractivity contribution >= 4 is 17.4 Å². The molecule has 0 aliphatic rings. The van der Waals surface area contributed by atoms with Gasteiger partial charge in [-0.15, -0.1) is 11.8 Å². The normalized spacial score (nSPS) is 10.4. The highest BCUT2D eigenvalue weighted by molar-refractivity contribution is 7.98. The Balaban J connectivity index is 3.09. The van der Waals surface area contributed by atoms with E-state index in [1.807, 2.05) is 26.2 Å². The molecule has 0 atom stereocenters. The van der Waals surface area contributed by atoms with Crippen LogP contribution in [0.4, 0.5) is 5.69 Å². The first-order valence-electron chi connectivity index (χ1n) is 4.53. The lowest BCUT2D eigenvalue weighted by atomic mass is 10.3. The molecule has 0 aliphatic carbocycles. The minimum Gasteiger partial charge on any atom is -0.484 e. The third-order valence-electron chi connectivity index (χ3n) is 1.73. The maximum Gasteiger partial charge on any atom is 0.312 e. The van der Waals surface area contributed by atoms with Crippen molar-refractivity contribution in [2.45, 2.75) is 24.8 Å². The average molecular weight is 227 g/mol. The van der Waals surface area contributed by atoms with Crippen LogP contribution in [0.15, 0.2) is 23.1 Å². The fourth-order valence-corrected chi connectivity index (χ4v) is 1.55. The lowest BCUT2D eigenvalue weighted by Gasteiger charge is -2.10. The van der Waals surface area contributed by atoms with Gasteiger partial charge in [-0.1, -0.05) is 0 Å². The summed E-state index contributed by atoms with van der Waals surface area (Å²) in [6.07, 6.45) is 1.81. The molecule has 15 heavy (non-hydrogen) atoms. The Labute approximate surface area is 92.8 Å². The second kappa shape index (κ2) is 5.02. The molecule has 0 spiro atoms. The third-order valence-corrected chi connectivity index (χ3v) is 2.45. The summed E-state index contributed by atoms with van der Waals surface area (Å²) in [7, 11) is 0. The first-order chi connectivity index (χ1) is 7.04. The number of benzene rings is 1. The summed E-state index contributed by atoms with van der Waals surface area (Å²) < 4.78 is 5.36. The van der Waals surface area contributed by atoms with Crippen LogP contribution in [0.5, 0.6) is 5.75 Å². The molecular formula is C10H13NO3S. The van der Waals surface area contributed by atoms with E-state index in [0.29, 0.717) is 5.75 Å². The molecule has 0 radical (unpaired) electrons. The number of hydrogen-bond acceptors (Lipinski definition) is 4. The number of nitro benzene ring substituents is 1. The van der Waals surface area contributed by atoms with Crippen molar-refractivity contribution < 1.29 is 9.66 Å². The maximum atomic E-state index is 10.8. The van der Waals surface area contributed by atoms with Crippen molar-refractivity contribution in [3.05, 3.63) is 28.3 Å². The van der Waals surface area contributed by atoms with Gasteiger partial charge in [-0.05, 0) is 32.2 Å². The molecule has 0 saturated carbocycles. The van der Waals surface area contributed by atoms with E-state index in [1.54, 1.807) is 6.07 Å². The highest BCUT2D eigenvalue weighted by atomic mass is 32.2. The number of nitrogens with zero attached hydrogens (tertiary/aromatic N) is 1. The molecule has 1 rings (SSSR count). The monoisotopic (exact) mass is 227 g/mol. The molecule has 4 nitrogen and oxygen atoms in total. The number of rotatable bonds is 4. The molecule has 1 aromatic carbocycles. The Kier molecular flexibility index (Phi) is 3.96. The van der Waals surface area contributed by atoms with E-state index < -0.39 is 4.92 Å². The van der Waals surface area contributed by atoms with E-state index in [4.69, 9.17) is 4.74 Å². The van der Waals surface area contributed by atoms with Gasteiger partial charge in [0, 0.05) is 11.0 Å². The fraction of sp³-hybridized carbons (Fsp3) is 0.400. The number of nitro groups is 1. The Morgan fingerprint density at radius 2 is 2.13 bits per heavy atom. The van der Waals surface area contributed by atoms with Crippen LogP contribution in [0.2, 0.25) is 0 Å². The fourth-order valence-electron chi connectivity index (χ4n) is 1.12. The van der Waals surface area contributed by atoms with Crippen LogP contribution in [0.1, 0.15) is 13.8 Å². The van der Waals surface area contributed by atoms with Gasteiger partial charge < -0.3 is 4.74 Å². The first kappa shape index (κ1) is 11.8. The Morgan fingerprint density at radius 1 is 1.47 bits per heavy atom. The Morgan fingerprint density at radius 3 is 2.60 bits per heavy atom. The Hall–Kier alpha value is -1.23. The van der Waals surface area contributed by atoms with Crippen LogP contribution in [0.3, 0.4) is 0 Å². The molecule has 0 unspecified atom stereocenters. The minimum atomic E-state index is -0.419. The Bertz CT molecular complexity index is 366. The summed E-state index contributed by atoms with van der Waals surface area (Å²) in [5, 5.41) is 10.8. The standard InChI is InChI=1S/C10H13NO3S/c1-7(2)14-10-5-4-8(15-3)6-9(10)11(12)13/h4-7H,1-3H3. The van der Waals surface area contributed by atoms with Gasteiger partial charge in [0.15, 0.2) is 5.75 Å². The summed E-state index contributed by atoms with van der Waals surface area (Å²) in [4.78, 5) is 11.2. The summed E-state index contributed by atoms with van der Waals surface area (Å²) in [5.74, 6) is 0.327. The van der Waals surface area contributed by atoms with E-state index >= 15 is 0 Å². The van der Waals surface area contributed by atoms with Gasteiger partial charge in [0.25, 0.3) is 0 Å². The quantitative estimate of drug-likeness (QED) is 0.450. The maximum absolute atomic E-state index is 10.8. The van der Waals surface area contributed by atoms with E-state index in [9.17, 15) is 10.1 Å². The summed E-state index contributed by atoms with van der Waals surface area (Å²) in [6.45, 7) is 3.68. The molecule has 0 heterocycles. The lowest BCUT2D eigenvalue weighted by molar-refractivity contribution is -0.386. The van der Waals surface area contributed by atoms with Crippen LogP contribution < -0.4 is 4.74 Å². The van der Waals surface area contributed by atoms with Gasteiger partial charge in [0.2, 0.25) is 0 Å². The molecule has 0 fully saturated rings. The highest BCUT2D eigenvalue weighted by Gasteiger charge is 2.16. The number of hydrogen-bond donors (Lipinski definition) is 0. The van der Waals surface area contributed by atoms with Gasteiger partial charge in [-0.2, -0.15) is 0 Å². The molecule has 0 bridgehead atoms. The summed E-state index contributed by atoms with van der Waals surface area (Å²) in [6, 6.07) is 4.99. The summed E-state index contributed by atoms with van der Waals surface area (Å²) >= 11 is 1.47. The second-order valence-electron chi connectivity index (χ2n) is 3.26. The predicted molar refractivity (Wildman–Crippen MR) is 60.6 cm³/mol. The zero-order valence-electron chi connectivity index (χ0n) is 8.89. The van der Waals surface area contributed by atoms with Crippen LogP contribution in [-0.4, -0.2) is 17.3 Å². The van der Waals surface area contributed by atoms with Crippen LogP contribution >= 0.6 is 11.8 Å². The first-order valence-corrected chi connectivity index (χ1v) is 5.76. The zero-order chi connectivity index (χ0) is 11.4. The molecule has 0 amide bonds. The van der Waals surface area contributed by atoms with Crippen molar-refractivity contribution in [1.29, 1.82) is 0 Å². The topological polar surface area (TPSA) is 52.4 Å². The number of thioether (sulfide) groups is 1. The predicted octanol–water partition coefficient (Wildman–Crippen LogP) is 3.10. The molecule has 5 heteroatoms.